The predicted molar refractivity (Wildman–Crippen MR) is 88.4 cm³/mol. The minimum Gasteiger partial charge on any atom is -0.192 e. The van der Waals surface area contributed by atoms with Crippen LogP contribution in [0.5, 0.6) is 0 Å². The number of rotatable bonds is 0. The molecule has 0 aliphatic carbocycles. The Morgan fingerprint density at radius 3 is 1.14 bits per heavy atom. The summed E-state index contributed by atoms with van der Waals surface area (Å²) in [5.41, 5.74) is 0.853. The summed E-state index contributed by atoms with van der Waals surface area (Å²) in [6, 6.07) is 24.3. The van der Waals surface area contributed by atoms with E-state index in [1.165, 1.54) is 10.8 Å². The first-order valence-electron chi connectivity index (χ1n) is 7.01. The average Bonchev–Trinajstić information content (AvgIpc) is 2.60. The van der Waals surface area contributed by atoms with Crippen molar-refractivity contribution in [3.05, 3.63) is 71.8 Å². The van der Waals surface area contributed by atoms with Gasteiger partial charge in [0.25, 0.3) is 0 Å². The fourth-order valence-electron chi connectivity index (χ4n) is 3.14. The number of nitriles is 2. The Morgan fingerprint density at radius 1 is 0.500 bits per heavy atom. The minimum absolute atomic E-state index is 0.426. The highest BCUT2D eigenvalue weighted by molar-refractivity contribution is 6.25. The second-order valence-electron chi connectivity index (χ2n) is 5.26. The van der Waals surface area contributed by atoms with Crippen molar-refractivity contribution in [3.63, 3.8) is 0 Å². The van der Waals surface area contributed by atoms with E-state index in [-0.39, 0.29) is 0 Å². The molecule has 0 spiro atoms. The molecule has 0 aromatic heterocycles. The zero-order valence-electron chi connectivity index (χ0n) is 11.7. The van der Waals surface area contributed by atoms with E-state index in [0.29, 0.717) is 11.1 Å². The van der Waals surface area contributed by atoms with Crippen LogP contribution < -0.4 is 0 Å². The highest BCUT2D eigenvalue weighted by atomic mass is 14.3. The third-order valence-electron chi connectivity index (χ3n) is 4.12. The average molecular weight is 278 g/mol. The van der Waals surface area contributed by atoms with Crippen LogP contribution in [0.4, 0.5) is 0 Å². The summed E-state index contributed by atoms with van der Waals surface area (Å²) >= 11 is 0. The van der Waals surface area contributed by atoms with E-state index in [2.05, 4.69) is 36.4 Å². The van der Waals surface area contributed by atoms with Gasteiger partial charge in [0.2, 0.25) is 0 Å². The van der Waals surface area contributed by atoms with Crippen LogP contribution in [-0.2, 0) is 0 Å². The molecule has 0 amide bonds. The van der Waals surface area contributed by atoms with E-state index in [9.17, 15) is 10.5 Å². The van der Waals surface area contributed by atoms with E-state index >= 15 is 0 Å². The molecule has 2 nitrogen and oxygen atoms in total. The number of hydrogen-bond donors (Lipinski definition) is 0. The molecule has 0 unspecified atom stereocenters. The van der Waals surface area contributed by atoms with E-state index < -0.39 is 0 Å². The third kappa shape index (κ3) is 1.59. The quantitative estimate of drug-likeness (QED) is 0.430. The number of benzene rings is 4. The molecule has 0 atom stereocenters. The zero-order valence-corrected chi connectivity index (χ0v) is 11.7. The van der Waals surface area contributed by atoms with Gasteiger partial charge in [0.1, 0.15) is 12.1 Å². The van der Waals surface area contributed by atoms with Crippen molar-refractivity contribution in [2.75, 3.05) is 0 Å². The molecular formula is C20H10N2. The molecule has 0 aliphatic heterocycles. The van der Waals surface area contributed by atoms with Crippen LogP contribution in [0.15, 0.2) is 60.7 Å². The molecule has 0 fully saturated rings. The maximum atomic E-state index is 9.29. The van der Waals surface area contributed by atoms with Crippen molar-refractivity contribution in [2.24, 2.45) is 0 Å². The first-order chi connectivity index (χ1) is 10.8. The van der Waals surface area contributed by atoms with Gasteiger partial charge in [-0.1, -0.05) is 48.5 Å². The Morgan fingerprint density at radius 2 is 0.818 bits per heavy atom. The highest BCUT2D eigenvalue weighted by Gasteiger charge is 2.11. The van der Waals surface area contributed by atoms with Crippen LogP contribution in [0.3, 0.4) is 0 Å². The van der Waals surface area contributed by atoms with Crippen molar-refractivity contribution in [3.8, 4) is 12.1 Å². The summed E-state index contributed by atoms with van der Waals surface area (Å²) in [6.07, 6.45) is 0. The molecule has 100 valence electrons. The molecule has 0 saturated carbocycles. The van der Waals surface area contributed by atoms with E-state index in [0.717, 1.165) is 21.5 Å². The van der Waals surface area contributed by atoms with Crippen LogP contribution in [-0.4, -0.2) is 0 Å². The Kier molecular flexibility index (Phi) is 2.58. The first kappa shape index (κ1) is 12.4. The van der Waals surface area contributed by atoms with Crippen LogP contribution in [0.1, 0.15) is 11.1 Å². The lowest BCUT2D eigenvalue weighted by atomic mass is 9.92. The predicted octanol–water partition coefficient (Wildman–Crippen LogP) is 4.89. The summed E-state index contributed by atoms with van der Waals surface area (Å²) in [6.45, 7) is 0. The summed E-state index contributed by atoms with van der Waals surface area (Å²) < 4.78 is 0. The molecule has 0 heterocycles. The van der Waals surface area contributed by atoms with Crippen molar-refractivity contribution in [1.82, 2.24) is 0 Å². The van der Waals surface area contributed by atoms with E-state index in [1.807, 2.05) is 36.4 Å². The molecule has 2 heteroatoms. The minimum atomic E-state index is 0.426. The van der Waals surface area contributed by atoms with Crippen molar-refractivity contribution < 1.29 is 0 Å². The van der Waals surface area contributed by atoms with Crippen molar-refractivity contribution >= 4 is 32.3 Å². The van der Waals surface area contributed by atoms with Gasteiger partial charge in [0, 0.05) is 0 Å². The maximum absolute atomic E-state index is 9.29. The monoisotopic (exact) mass is 278 g/mol. The maximum Gasteiger partial charge on any atom is 0.101 e. The van der Waals surface area contributed by atoms with Gasteiger partial charge >= 0.3 is 0 Å². The fourth-order valence-corrected chi connectivity index (χ4v) is 3.14. The highest BCUT2D eigenvalue weighted by Crippen LogP contribution is 2.36. The molecule has 4 aromatic rings. The summed E-state index contributed by atoms with van der Waals surface area (Å²) in [4.78, 5) is 0. The molecule has 0 bridgehead atoms. The van der Waals surface area contributed by atoms with Crippen molar-refractivity contribution in [2.45, 2.75) is 0 Å². The largest absolute Gasteiger partial charge is 0.192 e. The molecule has 0 N–H and O–H groups in total. The van der Waals surface area contributed by atoms with Crippen LogP contribution in [0, 0.1) is 22.7 Å². The van der Waals surface area contributed by atoms with Gasteiger partial charge in [-0.05, 0) is 44.5 Å². The van der Waals surface area contributed by atoms with Crippen LogP contribution in [0.25, 0.3) is 32.3 Å². The molecule has 4 aromatic carbocycles. The van der Waals surface area contributed by atoms with Crippen LogP contribution in [0.2, 0.25) is 0 Å². The van der Waals surface area contributed by atoms with Crippen LogP contribution >= 0.6 is 0 Å². The van der Waals surface area contributed by atoms with E-state index in [4.69, 9.17) is 0 Å². The topological polar surface area (TPSA) is 47.6 Å². The SMILES string of the molecule is N#Cc1cc2c3ccccc3c3ccccc3c2cc1C#N. The van der Waals surface area contributed by atoms with E-state index in [1.54, 1.807) is 0 Å². The molecule has 0 radical (unpaired) electrons. The second-order valence-corrected chi connectivity index (χ2v) is 5.26. The normalized spacial score (nSPS) is 10.6. The smallest absolute Gasteiger partial charge is 0.101 e. The molecule has 22 heavy (non-hydrogen) atoms. The summed E-state index contributed by atoms with van der Waals surface area (Å²) in [5, 5.41) is 25.2. The lowest BCUT2D eigenvalue weighted by molar-refractivity contribution is 1.45. The molecule has 0 saturated heterocycles. The number of fused-ring (bicyclic) bond motifs is 6. The first-order valence-corrected chi connectivity index (χ1v) is 7.01. The summed E-state index contributed by atoms with van der Waals surface area (Å²) in [5.74, 6) is 0. The number of nitrogens with zero attached hydrogens (tertiary/aromatic N) is 2. The Labute approximate surface area is 127 Å². The second kappa shape index (κ2) is 4.58. The van der Waals surface area contributed by atoms with Gasteiger partial charge in [0.05, 0.1) is 11.1 Å². The fraction of sp³-hybridized carbons (Fsp3) is 0. The molecular weight excluding hydrogens is 268 g/mol. The summed E-state index contributed by atoms with van der Waals surface area (Å²) in [7, 11) is 0. The van der Waals surface area contributed by atoms with Gasteiger partial charge in [0.15, 0.2) is 0 Å². The Hall–Kier alpha value is -3.36. The third-order valence-corrected chi connectivity index (χ3v) is 4.12. The molecule has 4 rings (SSSR count). The van der Waals surface area contributed by atoms with Gasteiger partial charge in [-0.3, -0.25) is 0 Å². The Balaban J connectivity index is 2.39. The standard InChI is InChI=1S/C20H10N2/c21-11-13-9-19-17-7-3-1-5-15(17)16-6-2-4-8-18(16)20(19)10-14(13)12-22/h1-10H. The molecule has 0 aliphatic rings. The van der Waals surface area contributed by atoms with Gasteiger partial charge in [-0.2, -0.15) is 10.5 Å². The van der Waals surface area contributed by atoms with Gasteiger partial charge < -0.3 is 0 Å². The Bertz CT molecular complexity index is 1050. The van der Waals surface area contributed by atoms with Gasteiger partial charge in [-0.25, -0.2) is 0 Å². The zero-order chi connectivity index (χ0) is 15.1. The lowest BCUT2D eigenvalue weighted by Crippen LogP contribution is -1.88. The van der Waals surface area contributed by atoms with Gasteiger partial charge in [-0.15, -0.1) is 0 Å². The lowest BCUT2D eigenvalue weighted by Gasteiger charge is -2.11. The number of hydrogen-bond acceptors (Lipinski definition) is 2. The van der Waals surface area contributed by atoms with Crippen molar-refractivity contribution in [1.29, 1.82) is 10.5 Å².